The molecule has 0 unspecified atom stereocenters. The van der Waals surface area contributed by atoms with Crippen LogP contribution >= 0.6 is 0 Å². The topological polar surface area (TPSA) is 89.3 Å². The number of nitrogens with two attached hydrogens (primary N) is 1. The van der Waals surface area contributed by atoms with Crippen molar-refractivity contribution in [3.8, 4) is 0 Å². The molecule has 1 heterocycles. The van der Waals surface area contributed by atoms with Gasteiger partial charge in [-0.15, -0.1) is 0 Å². The highest BCUT2D eigenvalue weighted by Gasteiger charge is 2.14. The minimum Gasteiger partial charge on any atom is -0.370 e. The molecule has 88 valence electrons. The molecule has 0 bridgehead atoms. The van der Waals surface area contributed by atoms with Gasteiger partial charge in [0.15, 0.2) is 11.8 Å². The number of hydrogen-bond acceptors (Lipinski definition) is 4. The maximum Gasteiger partial charge on any atom is 0.223 e. The van der Waals surface area contributed by atoms with Crippen molar-refractivity contribution in [2.24, 2.45) is 10.7 Å². The quantitative estimate of drug-likeness (QED) is 0.582. The first-order valence-electron chi connectivity index (χ1n) is 5.59. The molecule has 0 saturated heterocycles. The van der Waals surface area contributed by atoms with E-state index in [1.807, 2.05) is 0 Å². The minimum atomic E-state index is 0.364. The first-order chi connectivity index (χ1) is 7.74. The standard InChI is InChI=1S/C10H17N5O/c1-7-13-9(15-16-7)6-12-10(11)14-8-4-2-3-5-8/h8H,2-6H2,1H3,(H3,11,12,14). The molecule has 0 aliphatic heterocycles. The van der Waals surface area contributed by atoms with Gasteiger partial charge in [0.05, 0.1) is 0 Å². The summed E-state index contributed by atoms with van der Waals surface area (Å²) in [6.07, 6.45) is 4.90. The van der Waals surface area contributed by atoms with Crippen LogP contribution in [0.15, 0.2) is 9.52 Å². The molecule has 0 atom stereocenters. The van der Waals surface area contributed by atoms with Gasteiger partial charge >= 0.3 is 0 Å². The second-order valence-electron chi connectivity index (χ2n) is 4.06. The minimum absolute atomic E-state index is 0.364. The van der Waals surface area contributed by atoms with Gasteiger partial charge in [-0.1, -0.05) is 18.0 Å². The molecule has 0 spiro atoms. The van der Waals surface area contributed by atoms with E-state index < -0.39 is 0 Å². The van der Waals surface area contributed by atoms with E-state index in [2.05, 4.69) is 20.4 Å². The fourth-order valence-corrected chi connectivity index (χ4v) is 1.89. The van der Waals surface area contributed by atoms with Crippen LogP contribution in [-0.4, -0.2) is 22.1 Å². The van der Waals surface area contributed by atoms with Gasteiger partial charge in [-0.25, -0.2) is 4.99 Å². The molecule has 6 nitrogen and oxygen atoms in total. The Labute approximate surface area is 94.3 Å². The molecule has 0 aromatic carbocycles. The van der Waals surface area contributed by atoms with E-state index in [9.17, 15) is 0 Å². The van der Waals surface area contributed by atoms with Gasteiger partial charge in [0, 0.05) is 13.0 Å². The fourth-order valence-electron chi connectivity index (χ4n) is 1.89. The number of aliphatic imine (C=N–C) groups is 1. The van der Waals surface area contributed by atoms with Crippen LogP contribution in [0.4, 0.5) is 0 Å². The zero-order valence-corrected chi connectivity index (χ0v) is 9.44. The van der Waals surface area contributed by atoms with Crippen LogP contribution in [-0.2, 0) is 6.54 Å². The van der Waals surface area contributed by atoms with Crippen LogP contribution in [0.25, 0.3) is 0 Å². The van der Waals surface area contributed by atoms with Gasteiger partial charge in [0.2, 0.25) is 5.89 Å². The molecule has 1 aliphatic rings. The molecule has 1 aromatic heterocycles. The summed E-state index contributed by atoms with van der Waals surface area (Å²) in [7, 11) is 0. The van der Waals surface area contributed by atoms with E-state index >= 15 is 0 Å². The van der Waals surface area contributed by atoms with E-state index in [4.69, 9.17) is 10.3 Å². The lowest BCUT2D eigenvalue weighted by atomic mass is 10.2. The summed E-state index contributed by atoms with van der Waals surface area (Å²) in [6, 6.07) is 0.482. The number of rotatable bonds is 3. The highest BCUT2D eigenvalue weighted by molar-refractivity contribution is 5.78. The van der Waals surface area contributed by atoms with Crippen molar-refractivity contribution in [2.75, 3.05) is 0 Å². The molecule has 0 amide bonds. The van der Waals surface area contributed by atoms with E-state index in [0.29, 0.717) is 30.3 Å². The zero-order valence-electron chi connectivity index (χ0n) is 9.44. The third kappa shape index (κ3) is 2.95. The maximum absolute atomic E-state index is 5.76. The van der Waals surface area contributed by atoms with Gasteiger partial charge in [-0.05, 0) is 12.8 Å². The lowest BCUT2D eigenvalue weighted by molar-refractivity contribution is 0.387. The Bertz CT molecular complexity index is 367. The largest absolute Gasteiger partial charge is 0.370 e. The zero-order chi connectivity index (χ0) is 11.4. The summed E-state index contributed by atoms with van der Waals surface area (Å²) in [6.45, 7) is 2.11. The number of aryl methyl sites for hydroxylation is 1. The fraction of sp³-hybridized carbons (Fsp3) is 0.700. The molecule has 1 aromatic rings. The van der Waals surface area contributed by atoms with E-state index in [-0.39, 0.29) is 0 Å². The molecular formula is C10H17N5O. The highest BCUT2D eigenvalue weighted by Crippen LogP contribution is 2.17. The third-order valence-electron chi connectivity index (χ3n) is 2.67. The Balaban J connectivity index is 1.81. The van der Waals surface area contributed by atoms with E-state index in [1.54, 1.807) is 6.92 Å². The molecule has 1 fully saturated rings. The van der Waals surface area contributed by atoms with E-state index in [0.717, 1.165) is 0 Å². The molecular weight excluding hydrogens is 206 g/mol. The molecule has 16 heavy (non-hydrogen) atoms. The Morgan fingerprint density at radius 1 is 1.56 bits per heavy atom. The number of guanidine groups is 1. The number of nitrogens with one attached hydrogen (secondary N) is 1. The monoisotopic (exact) mass is 223 g/mol. The predicted molar refractivity (Wildman–Crippen MR) is 59.8 cm³/mol. The lowest BCUT2D eigenvalue weighted by Gasteiger charge is -2.11. The van der Waals surface area contributed by atoms with Crippen LogP contribution in [0.5, 0.6) is 0 Å². The SMILES string of the molecule is Cc1nc(CN=C(N)NC2CCCC2)no1. The van der Waals surface area contributed by atoms with Crippen LogP contribution in [0.2, 0.25) is 0 Å². The normalized spacial score (nSPS) is 17.9. The van der Waals surface area contributed by atoms with Crippen LogP contribution in [0.3, 0.4) is 0 Å². The number of hydrogen-bond donors (Lipinski definition) is 2. The Morgan fingerprint density at radius 3 is 2.94 bits per heavy atom. The van der Waals surface area contributed by atoms with Crippen molar-refractivity contribution < 1.29 is 4.52 Å². The van der Waals surface area contributed by atoms with Gasteiger partial charge in [-0.2, -0.15) is 4.98 Å². The average Bonchev–Trinajstić information content (AvgIpc) is 2.87. The van der Waals surface area contributed by atoms with Gasteiger partial charge in [-0.3, -0.25) is 0 Å². The molecule has 6 heteroatoms. The average molecular weight is 223 g/mol. The Hall–Kier alpha value is -1.59. The molecule has 3 N–H and O–H groups in total. The van der Waals surface area contributed by atoms with Crippen LogP contribution in [0.1, 0.15) is 37.4 Å². The molecule has 1 saturated carbocycles. The van der Waals surface area contributed by atoms with Crippen LogP contribution < -0.4 is 11.1 Å². The second-order valence-corrected chi connectivity index (χ2v) is 4.06. The van der Waals surface area contributed by atoms with E-state index in [1.165, 1.54) is 25.7 Å². The summed E-state index contributed by atoms with van der Waals surface area (Å²) in [5, 5.41) is 6.94. The van der Waals surface area contributed by atoms with Crippen LogP contribution in [0, 0.1) is 6.92 Å². The van der Waals surface area contributed by atoms with Gasteiger partial charge in [0.1, 0.15) is 6.54 Å². The molecule has 2 rings (SSSR count). The summed E-state index contributed by atoms with van der Waals surface area (Å²) in [5.74, 6) is 1.58. The van der Waals surface area contributed by atoms with Crippen molar-refractivity contribution in [3.63, 3.8) is 0 Å². The number of nitrogens with zero attached hydrogens (tertiary/aromatic N) is 3. The second kappa shape index (κ2) is 4.96. The number of aromatic nitrogens is 2. The third-order valence-corrected chi connectivity index (χ3v) is 2.67. The smallest absolute Gasteiger partial charge is 0.223 e. The summed E-state index contributed by atoms with van der Waals surface area (Å²) in [5.41, 5.74) is 5.76. The summed E-state index contributed by atoms with van der Waals surface area (Å²) < 4.78 is 4.84. The van der Waals surface area contributed by atoms with Crippen molar-refractivity contribution in [2.45, 2.75) is 45.2 Å². The summed E-state index contributed by atoms with van der Waals surface area (Å²) in [4.78, 5) is 8.22. The predicted octanol–water partition coefficient (Wildman–Crippen LogP) is 0.725. The lowest BCUT2D eigenvalue weighted by Crippen LogP contribution is -2.38. The van der Waals surface area contributed by atoms with Crippen molar-refractivity contribution >= 4 is 5.96 Å². The van der Waals surface area contributed by atoms with Gasteiger partial charge < -0.3 is 15.6 Å². The summed E-state index contributed by atoms with van der Waals surface area (Å²) >= 11 is 0. The maximum atomic E-state index is 5.76. The van der Waals surface area contributed by atoms with Crippen molar-refractivity contribution in [1.29, 1.82) is 0 Å². The Kier molecular flexibility index (Phi) is 3.38. The molecule has 1 aliphatic carbocycles. The Morgan fingerprint density at radius 2 is 2.31 bits per heavy atom. The highest BCUT2D eigenvalue weighted by atomic mass is 16.5. The first-order valence-corrected chi connectivity index (χ1v) is 5.59. The van der Waals surface area contributed by atoms with Crippen molar-refractivity contribution in [1.82, 2.24) is 15.5 Å². The molecule has 0 radical (unpaired) electrons. The van der Waals surface area contributed by atoms with Gasteiger partial charge in [0.25, 0.3) is 0 Å². The van der Waals surface area contributed by atoms with Crippen molar-refractivity contribution in [3.05, 3.63) is 11.7 Å². The first kappa shape index (κ1) is 10.9.